The highest BCUT2D eigenvalue weighted by atomic mass is 16.5. The first-order valence-electron chi connectivity index (χ1n) is 12.4. The molecule has 1 heterocycles. The number of benzene rings is 3. The summed E-state index contributed by atoms with van der Waals surface area (Å²) >= 11 is 0. The van der Waals surface area contributed by atoms with Gasteiger partial charge < -0.3 is 15.0 Å². The summed E-state index contributed by atoms with van der Waals surface area (Å²) in [6.07, 6.45) is 1.31. The highest BCUT2D eigenvalue weighted by molar-refractivity contribution is 6.15. The summed E-state index contributed by atoms with van der Waals surface area (Å²) < 4.78 is 5.45. The number of carbonyl (C=O) groups is 3. The highest BCUT2D eigenvalue weighted by Gasteiger charge is 2.26. The molecule has 4 rings (SSSR count). The van der Waals surface area contributed by atoms with E-state index in [2.05, 4.69) is 5.32 Å². The van der Waals surface area contributed by atoms with Crippen molar-refractivity contribution in [3.05, 3.63) is 100 Å². The topological polar surface area (TPSA) is 75.7 Å². The summed E-state index contributed by atoms with van der Waals surface area (Å²) in [4.78, 5) is 41.1. The van der Waals surface area contributed by atoms with Crippen LogP contribution < -0.4 is 10.1 Å². The van der Waals surface area contributed by atoms with Gasteiger partial charge in [-0.05, 0) is 81.1 Å². The molecule has 0 spiro atoms. The number of aryl methyl sites for hydroxylation is 2. The van der Waals surface area contributed by atoms with E-state index in [1.165, 1.54) is 0 Å². The van der Waals surface area contributed by atoms with Gasteiger partial charge in [-0.3, -0.25) is 14.4 Å². The predicted molar refractivity (Wildman–Crippen MR) is 140 cm³/mol. The molecule has 186 valence electrons. The van der Waals surface area contributed by atoms with Crippen LogP contribution in [0.1, 0.15) is 67.5 Å². The van der Waals surface area contributed by atoms with E-state index in [1.807, 2.05) is 37.8 Å². The van der Waals surface area contributed by atoms with Crippen LogP contribution in [-0.4, -0.2) is 48.2 Å². The lowest BCUT2D eigenvalue weighted by molar-refractivity contribution is 0.0697. The Morgan fingerprint density at radius 1 is 0.861 bits per heavy atom. The third-order valence-corrected chi connectivity index (χ3v) is 6.72. The van der Waals surface area contributed by atoms with Crippen molar-refractivity contribution >= 4 is 17.6 Å². The number of ether oxygens (including phenoxy) is 1. The molecule has 1 fully saturated rings. The maximum Gasteiger partial charge on any atom is 0.253 e. The van der Waals surface area contributed by atoms with Crippen LogP contribution in [0.3, 0.4) is 0 Å². The van der Waals surface area contributed by atoms with E-state index in [0.717, 1.165) is 16.9 Å². The van der Waals surface area contributed by atoms with E-state index in [1.54, 1.807) is 54.6 Å². The average Bonchev–Trinajstić information content (AvgIpc) is 2.90. The minimum Gasteiger partial charge on any atom is -0.494 e. The van der Waals surface area contributed by atoms with Gasteiger partial charge >= 0.3 is 0 Å². The number of rotatable bonds is 7. The van der Waals surface area contributed by atoms with E-state index in [0.29, 0.717) is 54.8 Å². The Kier molecular flexibility index (Phi) is 7.84. The third kappa shape index (κ3) is 5.65. The molecule has 0 unspecified atom stereocenters. The standard InChI is InChI=1S/C30H32N2O4/c1-4-36-25-13-11-22(12-14-25)30(35)32-17-15-24(16-18-32)31-29(34)27-8-6-5-7-26(27)28(33)23-10-9-20(2)21(3)19-23/h5-14,19,24H,4,15-18H2,1-3H3,(H,31,34). The number of hydrogen-bond donors (Lipinski definition) is 1. The minimum absolute atomic E-state index is 0.0211. The summed E-state index contributed by atoms with van der Waals surface area (Å²) in [5.41, 5.74) is 4.11. The van der Waals surface area contributed by atoms with Crippen molar-refractivity contribution in [3.63, 3.8) is 0 Å². The van der Waals surface area contributed by atoms with E-state index in [-0.39, 0.29) is 23.6 Å². The lowest BCUT2D eigenvalue weighted by Crippen LogP contribution is -2.46. The Hall–Kier alpha value is -3.93. The number of hydrogen-bond acceptors (Lipinski definition) is 4. The van der Waals surface area contributed by atoms with Gasteiger partial charge in [-0.15, -0.1) is 0 Å². The van der Waals surface area contributed by atoms with E-state index in [4.69, 9.17) is 4.74 Å². The Balaban J connectivity index is 1.38. The van der Waals surface area contributed by atoms with Crippen LogP contribution >= 0.6 is 0 Å². The number of carbonyl (C=O) groups excluding carboxylic acids is 3. The van der Waals surface area contributed by atoms with Crippen molar-refractivity contribution in [2.75, 3.05) is 19.7 Å². The highest BCUT2D eigenvalue weighted by Crippen LogP contribution is 2.20. The van der Waals surface area contributed by atoms with Crippen molar-refractivity contribution in [1.29, 1.82) is 0 Å². The predicted octanol–water partition coefficient (Wildman–Crippen LogP) is 4.97. The number of nitrogens with one attached hydrogen (secondary N) is 1. The number of likely N-dealkylation sites (tertiary alicyclic amines) is 1. The molecule has 6 nitrogen and oxygen atoms in total. The molecule has 0 radical (unpaired) electrons. The zero-order valence-electron chi connectivity index (χ0n) is 21.0. The maximum absolute atomic E-state index is 13.2. The molecule has 1 N–H and O–H groups in total. The smallest absolute Gasteiger partial charge is 0.253 e. The molecule has 0 bridgehead atoms. The van der Waals surface area contributed by atoms with Gasteiger partial charge in [-0.2, -0.15) is 0 Å². The van der Waals surface area contributed by atoms with Gasteiger partial charge in [-0.25, -0.2) is 0 Å². The Morgan fingerprint density at radius 3 is 2.14 bits per heavy atom. The SMILES string of the molecule is CCOc1ccc(C(=O)N2CCC(NC(=O)c3ccccc3C(=O)c3ccc(C)c(C)c3)CC2)cc1. The molecule has 0 saturated carbocycles. The minimum atomic E-state index is -0.265. The fourth-order valence-corrected chi connectivity index (χ4v) is 4.45. The molecule has 0 aromatic heterocycles. The van der Waals surface area contributed by atoms with Crippen molar-refractivity contribution < 1.29 is 19.1 Å². The molecule has 0 atom stereocenters. The van der Waals surface area contributed by atoms with Crippen molar-refractivity contribution in [2.24, 2.45) is 0 Å². The molecule has 0 aliphatic carbocycles. The number of nitrogens with zero attached hydrogens (tertiary/aromatic N) is 1. The van der Waals surface area contributed by atoms with Crippen molar-refractivity contribution in [3.8, 4) is 5.75 Å². The van der Waals surface area contributed by atoms with Gasteiger partial charge in [0.15, 0.2) is 5.78 Å². The normalized spacial score (nSPS) is 13.8. The maximum atomic E-state index is 13.2. The average molecular weight is 485 g/mol. The van der Waals surface area contributed by atoms with Gasteiger partial charge in [0.05, 0.1) is 12.2 Å². The Labute approximate surface area is 212 Å². The summed E-state index contributed by atoms with van der Waals surface area (Å²) in [7, 11) is 0. The number of piperidine rings is 1. The van der Waals surface area contributed by atoms with Crippen LogP contribution in [0.4, 0.5) is 0 Å². The van der Waals surface area contributed by atoms with Gasteiger partial charge in [0.2, 0.25) is 0 Å². The first-order chi connectivity index (χ1) is 17.4. The van der Waals surface area contributed by atoms with Gasteiger partial charge in [0.1, 0.15) is 5.75 Å². The van der Waals surface area contributed by atoms with Crippen molar-refractivity contribution in [1.82, 2.24) is 10.2 Å². The molecule has 3 aromatic carbocycles. The molecule has 6 heteroatoms. The molecular formula is C30H32N2O4. The van der Waals surface area contributed by atoms with Crippen LogP contribution in [0.2, 0.25) is 0 Å². The number of ketones is 1. The van der Waals surface area contributed by atoms with Crippen LogP contribution in [0.5, 0.6) is 5.75 Å². The van der Waals surface area contributed by atoms with Gasteiger partial charge in [-0.1, -0.05) is 30.3 Å². The Morgan fingerprint density at radius 2 is 1.50 bits per heavy atom. The molecule has 1 aliphatic heterocycles. The second-order valence-corrected chi connectivity index (χ2v) is 9.17. The quantitative estimate of drug-likeness (QED) is 0.481. The summed E-state index contributed by atoms with van der Waals surface area (Å²) in [6.45, 7) is 7.58. The van der Waals surface area contributed by atoms with Gasteiger partial charge in [0.25, 0.3) is 11.8 Å². The van der Waals surface area contributed by atoms with Crippen LogP contribution in [-0.2, 0) is 0 Å². The first kappa shape index (κ1) is 25.2. The molecule has 2 amide bonds. The first-order valence-corrected chi connectivity index (χ1v) is 12.4. The van der Waals surface area contributed by atoms with Crippen LogP contribution in [0.15, 0.2) is 66.7 Å². The largest absolute Gasteiger partial charge is 0.494 e. The molecule has 3 aromatic rings. The molecule has 1 saturated heterocycles. The van der Waals surface area contributed by atoms with E-state index in [9.17, 15) is 14.4 Å². The van der Waals surface area contributed by atoms with Crippen LogP contribution in [0, 0.1) is 13.8 Å². The van der Waals surface area contributed by atoms with Crippen molar-refractivity contribution in [2.45, 2.75) is 39.7 Å². The molecular weight excluding hydrogens is 452 g/mol. The monoisotopic (exact) mass is 484 g/mol. The Bertz CT molecular complexity index is 1260. The zero-order valence-corrected chi connectivity index (χ0v) is 21.0. The second-order valence-electron chi connectivity index (χ2n) is 9.17. The van der Waals surface area contributed by atoms with Crippen LogP contribution in [0.25, 0.3) is 0 Å². The molecule has 36 heavy (non-hydrogen) atoms. The van der Waals surface area contributed by atoms with E-state index >= 15 is 0 Å². The fraction of sp³-hybridized carbons (Fsp3) is 0.300. The summed E-state index contributed by atoms with van der Waals surface area (Å²) in [5.74, 6) is 0.289. The zero-order chi connectivity index (χ0) is 25.7. The number of amides is 2. The fourth-order valence-electron chi connectivity index (χ4n) is 4.45. The summed E-state index contributed by atoms with van der Waals surface area (Å²) in [6, 6.07) is 19.6. The third-order valence-electron chi connectivity index (χ3n) is 6.72. The van der Waals surface area contributed by atoms with E-state index < -0.39 is 0 Å². The van der Waals surface area contributed by atoms with Gasteiger partial charge in [0, 0.05) is 35.8 Å². The molecule has 1 aliphatic rings. The lowest BCUT2D eigenvalue weighted by atomic mass is 9.95. The summed E-state index contributed by atoms with van der Waals surface area (Å²) in [5, 5.41) is 3.08. The lowest BCUT2D eigenvalue weighted by Gasteiger charge is -2.32. The second kappa shape index (κ2) is 11.2.